The maximum Gasteiger partial charge on any atom is 0.287 e. The third-order valence-electron chi connectivity index (χ3n) is 3.89. The van der Waals surface area contributed by atoms with Crippen molar-refractivity contribution in [3.63, 3.8) is 0 Å². The molecule has 0 unspecified atom stereocenters. The highest BCUT2D eigenvalue weighted by atomic mass is 16.3. The molecule has 5 heteroatoms. The summed E-state index contributed by atoms with van der Waals surface area (Å²) in [6.07, 6.45) is 0.637. The van der Waals surface area contributed by atoms with Gasteiger partial charge in [0.2, 0.25) is 0 Å². The molecule has 1 heterocycles. The molecule has 0 saturated carbocycles. The van der Waals surface area contributed by atoms with Gasteiger partial charge in [0.15, 0.2) is 5.76 Å². The topological polar surface area (TPSA) is 65.7 Å². The number of para-hydroxylation sites is 1. The predicted molar refractivity (Wildman–Crippen MR) is 91.4 cm³/mol. The largest absolute Gasteiger partial charge is 0.451 e. The minimum Gasteiger partial charge on any atom is -0.451 e. The minimum absolute atomic E-state index is 0.111. The Balaban J connectivity index is 2.25. The fourth-order valence-corrected chi connectivity index (χ4v) is 2.55. The Bertz CT molecular complexity index is 674. The Hall–Kier alpha value is -1.85. The average Bonchev–Trinajstić information content (AvgIpc) is 2.83. The molecule has 1 amide bonds. The van der Waals surface area contributed by atoms with Gasteiger partial charge in [-0.15, -0.1) is 0 Å². The number of nitrogens with zero attached hydrogens (tertiary/aromatic N) is 1. The number of carbonyl (C=O) groups excluding carboxylic acids is 1. The Kier molecular flexibility index (Phi) is 5.44. The van der Waals surface area contributed by atoms with Crippen molar-refractivity contribution < 1.29 is 14.3 Å². The van der Waals surface area contributed by atoms with E-state index in [9.17, 15) is 4.79 Å². The number of aliphatic hydroxyl groups is 1. The molecule has 0 fully saturated rings. The van der Waals surface area contributed by atoms with E-state index in [1.807, 2.05) is 57.1 Å². The second-order valence-electron chi connectivity index (χ2n) is 6.96. The van der Waals surface area contributed by atoms with Crippen LogP contribution in [0.3, 0.4) is 0 Å². The van der Waals surface area contributed by atoms with Crippen molar-refractivity contribution in [2.75, 3.05) is 27.2 Å². The summed E-state index contributed by atoms with van der Waals surface area (Å²) in [6, 6.07) is 7.70. The summed E-state index contributed by atoms with van der Waals surface area (Å²) < 4.78 is 5.80. The Morgan fingerprint density at radius 3 is 2.65 bits per heavy atom. The molecule has 2 N–H and O–H groups in total. The molecule has 2 rings (SSSR count). The minimum atomic E-state index is -0.205. The number of aliphatic hydroxyl groups excluding tert-OH is 1. The third kappa shape index (κ3) is 4.33. The molecular weight excluding hydrogens is 292 g/mol. The van der Waals surface area contributed by atoms with Crippen LogP contribution >= 0.6 is 0 Å². The molecule has 0 aliphatic rings. The molecule has 0 aliphatic carbocycles. The van der Waals surface area contributed by atoms with Gasteiger partial charge in [-0.25, -0.2) is 0 Å². The Labute approximate surface area is 137 Å². The number of rotatable bonds is 7. The van der Waals surface area contributed by atoms with E-state index in [0.29, 0.717) is 25.3 Å². The summed E-state index contributed by atoms with van der Waals surface area (Å²) in [5.74, 6) is 0.170. The lowest BCUT2D eigenvalue weighted by Crippen LogP contribution is -2.35. The quantitative estimate of drug-likeness (QED) is 0.823. The number of hydrogen-bond donors (Lipinski definition) is 2. The van der Waals surface area contributed by atoms with Crippen LogP contribution in [0.25, 0.3) is 11.0 Å². The zero-order valence-corrected chi connectivity index (χ0v) is 14.3. The maximum atomic E-state index is 12.6. The third-order valence-corrected chi connectivity index (χ3v) is 3.89. The van der Waals surface area contributed by atoms with Crippen LogP contribution in [0.2, 0.25) is 0 Å². The van der Waals surface area contributed by atoms with Crippen LogP contribution < -0.4 is 5.32 Å². The number of benzene rings is 1. The first-order valence-corrected chi connectivity index (χ1v) is 7.88. The highest BCUT2D eigenvalue weighted by Crippen LogP contribution is 2.27. The van der Waals surface area contributed by atoms with Crippen LogP contribution in [0.1, 0.15) is 36.4 Å². The smallest absolute Gasteiger partial charge is 0.287 e. The van der Waals surface area contributed by atoms with Gasteiger partial charge < -0.3 is 19.7 Å². The second-order valence-corrected chi connectivity index (χ2v) is 6.96. The molecular formula is C18H26N2O3. The molecule has 0 spiro atoms. The Morgan fingerprint density at radius 2 is 2.00 bits per heavy atom. The van der Waals surface area contributed by atoms with E-state index in [1.54, 1.807) is 0 Å². The number of hydrogen-bond acceptors (Lipinski definition) is 4. The van der Waals surface area contributed by atoms with Crippen molar-refractivity contribution in [2.45, 2.75) is 26.8 Å². The zero-order chi connectivity index (χ0) is 17.0. The van der Waals surface area contributed by atoms with Gasteiger partial charge >= 0.3 is 0 Å². The number of fused-ring (bicyclic) bond motifs is 1. The predicted octanol–water partition coefficient (Wildman–Crippen LogP) is 2.63. The highest BCUT2D eigenvalue weighted by molar-refractivity contribution is 5.99. The summed E-state index contributed by atoms with van der Waals surface area (Å²) in [4.78, 5) is 14.6. The molecule has 0 aliphatic heterocycles. The lowest BCUT2D eigenvalue weighted by molar-refractivity contribution is 0.0900. The number of amides is 1. The van der Waals surface area contributed by atoms with Crippen LogP contribution in [0.15, 0.2) is 28.7 Å². The Morgan fingerprint density at radius 1 is 1.30 bits per heavy atom. The summed E-state index contributed by atoms with van der Waals surface area (Å²) >= 11 is 0. The second kappa shape index (κ2) is 7.15. The lowest BCUT2D eigenvalue weighted by Gasteiger charge is -2.23. The van der Waals surface area contributed by atoms with E-state index in [1.165, 1.54) is 0 Å². The first kappa shape index (κ1) is 17.5. The molecule has 0 saturated heterocycles. The van der Waals surface area contributed by atoms with Crippen LogP contribution in [-0.2, 0) is 6.54 Å². The van der Waals surface area contributed by atoms with E-state index in [-0.39, 0.29) is 17.9 Å². The van der Waals surface area contributed by atoms with Crippen molar-refractivity contribution in [1.82, 2.24) is 10.2 Å². The fourth-order valence-electron chi connectivity index (χ4n) is 2.55. The molecule has 1 aromatic heterocycles. The lowest BCUT2D eigenvalue weighted by atomic mass is 9.90. The molecule has 23 heavy (non-hydrogen) atoms. The number of carbonyl (C=O) groups is 1. The van der Waals surface area contributed by atoms with Crippen LogP contribution in [-0.4, -0.2) is 43.2 Å². The summed E-state index contributed by atoms with van der Waals surface area (Å²) in [7, 11) is 3.93. The number of nitrogens with one attached hydrogen (secondary N) is 1. The monoisotopic (exact) mass is 318 g/mol. The van der Waals surface area contributed by atoms with Gasteiger partial charge in [0.25, 0.3) is 5.91 Å². The summed E-state index contributed by atoms with van der Waals surface area (Å²) in [5, 5.41) is 13.0. The normalized spacial score (nSPS) is 12.1. The van der Waals surface area contributed by atoms with E-state index in [4.69, 9.17) is 9.52 Å². The van der Waals surface area contributed by atoms with Gasteiger partial charge in [-0.1, -0.05) is 32.0 Å². The molecule has 0 bridgehead atoms. The average molecular weight is 318 g/mol. The number of furan rings is 1. The summed E-state index contributed by atoms with van der Waals surface area (Å²) in [6.45, 7) is 5.27. The van der Waals surface area contributed by atoms with Crippen molar-refractivity contribution in [1.29, 1.82) is 0 Å². The van der Waals surface area contributed by atoms with E-state index >= 15 is 0 Å². The SMILES string of the molecule is CN(C)Cc1c(C(=O)NCC(C)(C)CCO)oc2ccccc12. The van der Waals surface area contributed by atoms with E-state index in [0.717, 1.165) is 16.5 Å². The van der Waals surface area contributed by atoms with Gasteiger partial charge in [-0.2, -0.15) is 0 Å². The van der Waals surface area contributed by atoms with Gasteiger partial charge in [-0.05, 0) is 32.0 Å². The van der Waals surface area contributed by atoms with Gasteiger partial charge in [-0.3, -0.25) is 4.79 Å². The molecule has 1 aromatic carbocycles. The van der Waals surface area contributed by atoms with Crippen LogP contribution in [0.4, 0.5) is 0 Å². The first-order valence-electron chi connectivity index (χ1n) is 7.88. The standard InChI is InChI=1S/C18H26N2O3/c1-18(2,9-10-21)12-19-17(22)16-14(11-20(3)4)13-7-5-6-8-15(13)23-16/h5-8,21H,9-12H2,1-4H3,(H,19,22). The van der Waals surface area contributed by atoms with Crippen molar-refractivity contribution in [3.05, 3.63) is 35.6 Å². The highest BCUT2D eigenvalue weighted by Gasteiger charge is 2.23. The molecule has 0 radical (unpaired) electrons. The maximum absolute atomic E-state index is 12.6. The molecule has 2 aromatic rings. The molecule has 5 nitrogen and oxygen atoms in total. The summed E-state index contributed by atoms with van der Waals surface area (Å²) in [5.41, 5.74) is 1.48. The van der Waals surface area contributed by atoms with E-state index < -0.39 is 0 Å². The van der Waals surface area contributed by atoms with Gasteiger partial charge in [0, 0.05) is 30.6 Å². The van der Waals surface area contributed by atoms with Crippen molar-refractivity contribution in [3.8, 4) is 0 Å². The van der Waals surface area contributed by atoms with Crippen molar-refractivity contribution in [2.24, 2.45) is 5.41 Å². The molecule has 126 valence electrons. The van der Waals surface area contributed by atoms with Crippen molar-refractivity contribution >= 4 is 16.9 Å². The van der Waals surface area contributed by atoms with E-state index in [2.05, 4.69) is 5.32 Å². The van der Waals surface area contributed by atoms with Crippen LogP contribution in [0, 0.1) is 5.41 Å². The van der Waals surface area contributed by atoms with Crippen LogP contribution in [0.5, 0.6) is 0 Å². The first-order chi connectivity index (χ1) is 10.8. The van der Waals surface area contributed by atoms with Gasteiger partial charge in [0.1, 0.15) is 5.58 Å². The fraction of sp³-hybridized carbons (Fsp3) is 0.500. The molecule has 0 atom stereocenters. The van der Waals surface area contributed by atoms with Gasteiger partial charge in [0.05, 0.1) is 0 Å². The zero-order valence-electron chi connectivity index (χ0n) is 14.3.